The number of methoxy groups -OCH3 is 1. The molecule has 1 saturated carbocycles. The van der Waals surface area contributed by atoms with Crippen LogP contribution in [0, 0.1) is 5.82 Å². The number of halogens is 2. The fourth-order valence-electron chi connectivity index (χ4n) is 3.42. The van der Waals surface area contributed by atoms with E-state index in [1.165, 1.54) is 12.5 Å². The van der Waals surface area contributed by atoms with Crippen LogP contribution in [0.5, 0.6) is 0 Å². The van der Waals surface area contributed by atoms with Crippen LogP contribution in [0.2, 0.25) is 0 Å². The minimum Gasteiger partial charge on any atom is -0.380 e. The summed E-state index contributed by atoms with van der Waals surface area (Å²) in [5.74, 6) is -0.287. The molecule has 1 aliphatic rings. The van der Waals surface area contributed by atoms with Gasteiger partial charge in [0, 0.05) is 25.6 Å². The molecule has 0 radical (unpaired) electrons. The van der Waals surface area contributed by atoms with Crippen molar-refractivity contribution in [1.82, 2.24) is 5.32 Å². The average Bonchev–Trinajstić information content (AvgIpc) is 2.58. The summed E-state index contributed by atoms with van der Waals surface area (Å²) in [5.41, 5.74) is 6.38. The molecule has 1 aliphatic carbocycles. The smallest absolute Gasteiger partial charge is 0.222 e. The van der Waals surface area contributed by atoms with Gasteiger partial charge in [-0.25, -0.2) is 4.39 Å². The van der Waals surface area contributed by atoms with Gasteiger partial charge in [0.1, 0.15) is 5.82 Å². The van der Waals surface area contributed by atoms with Crippen LogP contribution >= 0.6 is 12.4 Å². The number of hydrogen-bond donors (Lipinski definition) is 2. The molecule has 0 heterocycles. The summed E-state index contributed by atoms with van der Waals surface area (Å²) in [6, 6.07) is 6.79. The summed E-state index contributed by atoms with van der Waals surface area (Å²) in [7, 11) is 1.56. The third-order valence-electron chi connectivity index (χ3n) is 4.88. The second-order valence-electron chi connectivity index (χ2n) is 6.43. The molecule has 0 aliphatic heterocycles. The molecule has 4 nitrogen and oxygen atoms in total. The largest absolute Gasteiger partial charge is 0.380 e. The Labute approximate surface area is 149 Å². The van der Waals surface area contributed by atoms with Crippen LogP contribution in [-0.2, 0) is 14.9 Å². The number of benzene rings is 1. The zero-order valence-electron chi connectivity index (χ0n) is 14.2. The summed E-state index contributed by atoms with van der Waals surface area (Å²) in [5, 5.41) is 3.01. The molecule has 0 saturated heterocycles. The maximum atomic E-state index is 13.6. The standard InChI is InChI=1S/C18H27FN2O2.ClH/c1-23-16(12-20)11-17(22)21-13-18(8-3-2-4-9-18)14-6-5-7-15(19)10-14;/h5-7,10,16H,2-4,8-9,11-13,20H2,1H3,(H,21,22);1H. The van der Waals surface area contributed by atoms with Crippen molar-refractivity contribution in [2.24, 2.45) is 5.73 Å². The van der Waals surface area contributed by atoms with E-state index in [0.717, 1.165) is 31.2 Å². The van der Waals surface area contributed by atoms with Crippen LogP contribution in [0.1, 0.15) is 44.1 Å². The minimum atomic E-state index is -0.258. The van der Waals surface area contributed by atoms with E-state index in [1.54, 1.807) is 19.2 Å². The topological polar surface area (TPSA) is 64.3 Å². The zero-order valence-corrected chi connectivity index (χ0v) is 15.0. The Morgan fingerprint density at radius 2 is 2.08 bits per heavy atom. The first kappa shape index (κ1) is 20.9. The highest BCUT2D eigenvalue weighted by molar-refractivity contribution is 5.85. The van der Waals surface area contributed by atoms with Crippen molar-refractivity contribution in [2.75, 3.05) is 20.2 Å². The van der Waals surface area contributed by atoms with Gasteiger partial charge >= 0.3 is 0 Å². The molecule has 0 bridgehead atoms. The molecule has 1 atom stereocenters. The summed E-state index contributed by atoms with van der Waals surface area (Å²) < 4.78 is 18.8. The number of nitrogens with two attached hydrogens (primary N) is 1. The summed E-state index contributed by atoms with van der Waals surface area (Å²) in [6.45, 7) is 0.856. The average molecular weight is 359 g/mol. The van der Waals surface area contributed by atoms with E-state index in [1.807, 2.05) is 6.07 Å². The lowest BCUT2D eigenvalue weighted by Gasteiger charge is -2.38. The third-order valence-corrected chi connectivity index (χ3v) is 4.88. The van der Waals surface area contributed by atoms with Crippen molar-refractivity contribution in [3.05, 3.63) is 35.6 Å². The highest BCUT2D eigenvalue weighted by Gasteiger charge is 2.34. The maximum absolute atomic E-state index is 13.6. The van der Waals surface area contributed by atoms with E-state index in [0.29, 0.717) is 13.1 Å². The Morgan fingerprint density at radius 3 is 2.67 bits per heavy atom. The van der Waals surface area contributed by atoms with Crippen molar-refractivity contribution in [3.63, 3.8) is 0 Å². The first-order valence-corrected chi connectivity index (χ1v) is 8.35. The van der Waals surface area contributed by atoms with E-state index in [4.69, 9.17) is 10.5 Å². The van der Waals surface area contributed by atoms with Crippen molar-refractivity contribution in [2.45, 2.75) is 50.0 Å². The lowest BCUT2D eigenvalue weighted by Crippen LogP contribution is -2.43. The molecule has 0 aromatic heterocycles. The normalized spacial score (nSPS) is 17.6. The lowest BCUT2D eigenvalue weighted by atomic mass is 9.69. The Balaban J connectivity index is 0.00000288. The van der Waals surface area contributed by atoms with Crippen LogP contribution < -0.4 is 11.1 Å². The molecule has 2 rings (SSSR count). The van der Waals surface area contributed by atoms with Gasteiger partial charge in [-0.2, -0.15) is 0 Å². The summed E-state index contributed by atoms with van der Waals surface area (Å²) in [6.07, 6.45) is 5.36. The molecule has 24 heavy (non-hydrogen) atoms. The highest BCUT2D eigenvalue weighted by Crippen LogP contribution is 2.39. The van der Waals surface area contributed by atoms with Crippen molar-refractivity contribution >= 4 is 18.3 Å². The van der Waals surface area contributed by atoms with Crippen LogP contribution in [0.15, 0.2) is 24.3 Å². The Morgan fingerprint density at radius 1 is 1.38 bits per heavy atom. The molecular formula is C18H28ClFN2O2. The molecule has 6 heteroatoms. The first-order chi connectivity index (χ1) is 11.1. The van der Waals surface area contributed by atoms with E-state index < -0.39 is 0 Å². The molecule has 1 aromatic carbocycles. The number of ether oxygens (including phenoxy) is 1. The molecule has 1 unspecified atom stereocenters. The van der Waals surface area contributed by atoms with Gasteiger partial charge in [-0.15, -0.1) is 12.4 Å². The molecule has 136 valence electrons. The number of hydrogen-bond acceptors (Lipinski definition) is 3. The van der Waals surface area contributed by atoms with E-state index in [-0.39, 0.29) is 42.1 Å². The highest BCUT2D eigenvalue weighted by atomic mass is 35.5. The van der Waals surface area contributed by atoms with Gasteiger partial charge in [0.25, 0.3) is 0 Å². The molecule has 1 amide bonds. The summed E-state index contributed by atoms with van der Waals surface area (Å²) in [4.78, 5) is 12.1. The van der Waals surface area contributed by atoms with Crippen molar-refractivity contribution < 1.29 is 13.9 Å². The monoisotopic (exact) mass is 358 g/mol. The van der Waals surface area contributed by atoms with Gasteiger partial charge in [-0.1, -0.05) is 31.4 Å². The SMILES string of the molecule is COC(CN)CC(=O)NCC1(c2cccc(F)c2)CCCCC1.Cl. The van der Waals surface area contributed by atoms with E-state index in [9.17, 15) is 9.18 Å². The number of carbonyl (C=O) groups excluding carboxylic acids is 1. The molecule has 0 spiro atoms. The van der Waals surface area contributed by atoms with Gasteiger partial charge in [-0.3, -0.25) is 4.79 Å². The van der Waals surface area contributed by atoms with E-state index in [2.05, 4.69) is 5.32 Å². The first-order valence-electron chi connectivity index (χ1n) is 8.35. The van der Waals surface area contributed by atoms with Gasteiger partial charge in [0.15, 0.2) is 0 Å². The van der Waals surface area contributed by atoms with Gasteiger partial charge in [-0.05, 0) is 30.5 Å². The minimum absolute atomic E-state index is 0. The Hall–Kier alpha value is -1.17. The summed E-state index contributed by atoms with van der Waals surface area (Å²) >= 11 is 0. The van der Waals surface area contributed by atoms with Gasteiger partial charge < -0.3 is 15.8 Å². The van der Waals surface area contributed by atoms with Crippen LogP contribution in [-0.4, -0.2) is 32.2 Å². The second kappa shape index (κ2) is 9.97. The van der Waals surface area contributed by atoms with E-state index >= 15 is 0 Å². The number of nitrogens with one attached hydrogen (secondary N) is 1. The van der Waals surface area contributed by atoms with Gasteiger partial charge in [0.2, 0.25) is 5.91 Å². The van der Waals surface area contributed by atoms with Crippen molar-refractivity contribution in [1.29, 1.82) is 0 Å². The number of carbonyl (C=O) groups is 1. The molecule has 3 N–H and O–H groups in total. The van der Waals surface area contributed by atoms with Crippen LogP contribution in [0.4, 0.5) is 4.39 Å². The van der Waals surface area contributed by atoms with Crippen LogP contribution in [0.25, 0.3) is 0 Å². The third kappa shape index (κ3) is 5.43. The van der Waals surface area contributed by atoms with Gasteiger partial charge in [0.05, 0.1) is 12.5 Å². The molecule has 1 aromatic rings. The lowest BCUT2D eigenvalue weighted by molar-refractivity contribution is -0.123. The maximum Gasteiger partial charge on any atom is 0.222 e. The number of rotatable bonds is 7. The Bertz CT molecular complexity index is 517. The predicted molar refractivity (Wildman–Crippen MR) is 95.9 cm³/mol. The molecule has 1 fully saturated rings. The zero-order chi connectivity index (χ0) is 16.7. The predicted octanol–water partition coefficient (Wildman–Crippen LogP) is 2.93. The fraction of sp³-hybridized carbons (Fsp3) is 0.611. The number of amides is 1. The second-order valence-corrected chi connectivity index (χ2v) is 6.43. The van der Waals surface area contributed by atoms with Crippen molar-refractivity contribution in [3.8, 4) is 0 Å². The van der Waals surface area contributed by atoms with Crippen LogP contribution in [0.3, 0.4) is 0 Å². The fourth-order valence-corrected chi connectivity index (χ4v) is 3.42. The Kier molecular flexibility index (Phi) is 8.67. The quantitative estimate of drug-likeness (QED) is 0.787. The molecular weight excluding hydrogens is 331 g/mol.